The Bertz CT molecular complexity index is 248. The van der Waals surface area contributed by atoms with Gasteiger partial charge in [0.05, 0.1) is 0 Å². The minimum Gasteiger partial charge on any atom is -0.303 e. The number of hydrogen-bond donors (Lipinski definition) is 0. The van der Waals surface area contributed by atoms with E-state index in [1.54, 1.807) is 0 Å². The molecule has 1 rings (SSSR count). The maximum atomic E-state index is 10.1. The van der Waals surface area contributed by atoms with Gasteiger partial charge in [0.1, 0.15) is 6.29 Å². The van der Waals surface area contributed by atoms with Crippen molar-refractivity contribution in [2.24, 2.45) is 11.8 Å². The van der Waals surface area contributed by atoms with Crippen molar-refractivity contribution in [1.29, 1.82) is 0 Å². The molecule has 0 aromatic carbocycles. The largest absolute Gasteiger partial charge is 0.303 e. The van der Waals surface area contributed by atoms with E-state index >= 15 is 0 Å². The molecule has 0 radical (unpaired) electrons. The van der Waals surface area contributed by atoms with Crippen molar-refractivity contribution in [3.8, 4) is 0 Å². The smallest absolute Gasteiger partial charge is 0.120 e. The van der Waals surface area contributed by atoms with E-state index in [9.17, 15) is 4.79 Å². The molecule has 0 fully saturated rings. The van der Waals surface area contributed by atoms with E-state index in [-0.39, 0.29) is 0 Å². The van der Waals surface area contributed by atoms with Gasteiger partial charge >= 0.3 is 0 Å². The average Bonchev–Trinajstić information content (AvgIpc) is 2.25. The summed E-state index contributed by atoms with van der Waals surface area (Å²) in [6, 6.07) is 0. The molecule has 1 aliphatic rings. The van der Waals surface area contributed by atoms with Crippen molar-refractivity contribution < 1.29 is 4.79 Å². The predicted molar refractivity (Wildman–Crippen MR) is 64.7 cm³/mol. The van der Waals surface area contributed by atoms with E-state index in [1.165, 1.54) is 24.8 Å². The Hall–Kier alpha value is -0.850. The predicted octanol–water partition coefficient (Wildman–Crippen LogP) is 3.90. The van der Waals surface area contributed by atoms with Gasteiger partial charge in [0, 0.05) is 6.42 Å². The molecule has 84 valence electrons. The van der Waals surface area contributed by atoms with E-state index in [2.05, 4.69) is 32.1 Å². The molecule has 1 aliphatic carbocycles. The second-order valence-corrected chi connectivity index (χ2v) is 4.70. The maximum absolute atomic E-state index is 10.1. The van der Waals surface area contributed by atoms with Crippen LogP contribution in [0.15, 0.2) is 23.8 Å². The lowest BCUT2D eigenvalue weighted by Crippen LogP contribution is -2.11. The molecule has 0 bridgehead atoms. The zero-order valence-corrected chi connectivity index (χ0v) is 9.91. The molecule has 0 saturated heterocycles. The van der Waals surface area contributed by atoms with Crippen molar-refractivity contribution in [2.75, 3.05) is 0 Å². The summed E-state index contributed by atoms with van der Waals surface area (Å²) in [5.41, 5.74) is 1.46. The Morgan fingerprint density at radius 3 is 2.80 bits per heavy atom. The van der Waals surface area contributed by atoms with Crippen LogP contribution in [-0.4, -0.2) is 6.29 Å². The number of unbranched alkanes of at least 4 members (excludes halogenated alkanes) is 1. The Morgan fingerprint density at radius 2 is 2.27 bits per heavy atom. The third kappa shape index (κ3) is 4.46. The van der Waals surface area contributed by atoms with Crippen LogP contribution < -0.4 is 0 Å². The standard InChI is InChI=1S/C14H22O/c1-12(2)14-9-7-13(8-10-14)6-4-3-5-11-15/h4,6-7,11-12,14H,3,5,8-10H2,1-2H3/b6-4+. The molecule has 0 aromatic rings. The lowest BCUT2D eigenvalue weighted by atomic mass is 9.82. The number of hydrogen-bond acceptors (Lipinski definition) is 1. The third-order valence-electron chi connectivity index (χ3n) is 3.21. The summed E-state index contributed by atoms with van der Waals surface area (Å²) < 4.78 is 0. The fourth-order valence-corrected chi connectivity index (χ4v) is 2.03. The number of carbonyl (C=O) groups excluding carboxylic acids is 1. The van der Waals surface area contributed by atoms with Gasteiger partial charge in [-0.2, -0.15) is 0 Å². The molecular weight excluding hydrogens is 184 g/mol. The first-order valence-electron chi connectivity index (χ1n) is 6.03. The minimum absolute atomic E-state index is 0.651. The van der Waals surface area contributed by atoms with Crippen molar-refractivity contribution in [1.82, 2.24) is 0 Å². The number of rotatable bonds is 5. The molecule has 1 nitrogen and oxygen atoms in total. The van der Waals surface area contributed by atoms with Crippen molar-refractivity contribution in [3.63, 3.8) is 0 Å². The van der Waals surface area contributed by atoms with E-state index in [4.69, 9.17) is 0 Å². The third-order valence-corrected chi connectivity index (χ3v) is 3.21. The van der Waals surface area contributed by atoms with E-state index in [0.717, 1.165) is 24.5 Å². The summed E-state index contributed by atoms with van der Waals surface area (Å²) in [4.78, 5) is 10.1. The van der Waals surface area contributed by atoms with Crippen LogP contribution in [0, 0.1) is 11.8 Å². The summed E-state index contributed by atoms with van der Waals surface area (Å²) in [6.45, 7) is 4.62. The zero-order valence-electron chi connectivity index (χ0n) is 9.91. The molecular formula is C14H22O. The van der Waals surface area contributed by atoms with Gasteiger partial charge in [-0.15, -0.1) is 0 Å². The average molecular weight is 206 g/mol. The van der Waals surface area contributed by atoms with Crippen LogP contribution in [-0.2, 0) is 4.79 Å². The van der Waals surface area contributed by atoms with Crippen molar-refractivity contribution in [3.05, 3.63) is 23.8 Å². The highest BCUT2D eigenvalue weighted by Crippen LogP contribution is 2.29. The highest BCUT2D eigenvalue weighted by Gasteiger charge is 2.15. The SMILES string of the molecule is CC(C)C1CC=C(/C=C/CCC=O)CC1. The molecule has 0 saturated carbocycles. The van der Waals surface area contributed by atoms with Crippen LogP contribution in [0.1, 0.15) is 46.0 Å². The summed E-state index contributed by atoms with van der Waals surface area (Å²) in [7, 11) is 0. The molecule has 0 N–H and O–H groups in total. The van der Waals surface area contributed by atoms with Crippen molar-refractivity contribution >= 4 is 6.29 Å². The van der Waals surface area contributed by atoms with Gasteiger partial charge in [-0.1, -0.05) is 37.6 Å². The Morgan fingerprint density at radius 1 is 1.47 bits per heavy atom. The van der Waals surface area contributed by atoms with E-state index in [1.807, 2.05) is 0 Å². The van der Waals surface area contributed by atoms with Gasteiger partial charge < -0.3 is 4.79 Å². The van der Waals surface area contributed by atoms with Crippen LogP contribution in [0.4, 0.5) is 0 Å². The first-order valence-corrected chi connectivity index (χ1v) is 6.03. The highest BCUT2D eigenvalue weighted by atomic mass is 16.1. The van der Waals surface area contributed by atoms with E-state index in [0.29, 0.717) is 6.42 Å². The molecule has 0 aromatic heterocycles. The van der Waals surface area contributed by atoms with E-state index < -0.39 is 0 Å². The summed E-state index contributed by atoms with van der Waals surface area (Å²) in [6.07, 6.45) is 13.0. The monoisotopic (exact) mass is 206 g/mol. The lowest BCUT2D eigenvalue weighted by molar-refractivity contribution is -0.107. The molecule has 0 heterocycles. The molecule has 1 heteroatoms. The first kappa shape index (κ1) is 12.2. The number of allylic oxidation sites excluding steroid dienone is 4. The second-order valence-electron chi connectivity index (χ2n) is 4.70. The maximum Gasteiger partial charge on any atom is 0.120 e. The molecule has 0 aliphatic heterocycles. The lowest BCUT2D eigenvalue weighted by Gasteiger charge is -2.23. The quantitative estimate of drug-likeness (QED) is 0.492. The van der Waals surface area contributed by atoms with Crippen molar-refractivity contribution in [2.45, 2.75) is 46.0 Å². The summed E-state index contributed by atoms with van der Waals surface area (Å²) in [5, 5.41) is 0. The molecule has 1 unspecified atom stereocenters. The zero-order chi connectivity index (χ0) is 11.1. The number of aldehydes is 1. The Balaban J connectivity index is 2.33. The van der Waals surface area contributed by atoms with Crippen LogP contribution in [0.2, 0.25) is 0 Å². The molecule has 0 amide bonds. The van der Waals surface area contributed by atoms with Crippen LogP contribution >= 0.6 is 0 Å². The Kier molecular flexibility index (Phi) is 5.38. The summed E-state index contributed by atoms with van der Waals surface area (Å²) in [5.74, 6) is 1.68. The molecule has 0 spiro atoms. The first-order chi connectivity index (χ1) is 7.24. The highest BCUT2D eigenvalue weighted by molar-refractivity contribution is 5.49. The topological polar surface area (TPSA) is 17.1 Å². The second kappa shape index (κ2) is 6.60. The fourth-order valence-electron chi connectivity index (χ4n) is 2.03. The minimum atomic E-state index is 0.651. The van der Waals surface area contributed by atoms with Gasteiger partial charge in [0.25, 0.3) is 0 Å². The van der Waals surface area contributed by atoms with Gasteiger partial charge in [0.15, 0.2) is 0 Å². The van der Waals surface area contributed by atoms with Gasteiger partial charge in [-0.05, 0) is 37.5 Å². The molecule has 15 heavy (non-hydrogen) atoms. The van der Waals surface area contributed by atoms with Gasteiger partial charge in [-0.3, -0.25) is 0 Å². The fraction of sp³-hybridized carbons (Fsp3) is 0.643. The van der Waals surface area contributed by atoms with Crippen LogP contribution in [0.5, 0.6) is 0 Å². The van der Waals surface area contributed by atoms with Crippen LogP contribution in [0.25, 0.3) is 0 Å². The van der Waals surface area contributed by atoms with Gasteiger partial charge in [-0.25, -0.2) is 0 Å². The Labute approximate surface area is 93.3 Å². The van der Waals surface area contributed by atoms with Crippen LogP contribution in [0.3, 0.4) is 0 Å². The molecule has 1 atom stereocenters. The summed E-state index contributed by atoms with van der Waals surface area (Å²) >= 11 is 0. The van der Waals surface area contributed by atoms with Gasteiger partial charge in [0.2, 0.25) is 0 Å². The number of carbonyl (C=O) groups is 1. The normalized spacial score (nSPS) is 22.1.